The number of nitrogens with zero attached hydrogens (tertiary/aromatic N) is 2. The van der Waals surface area contributed by atoms with Crippen molar-refractivity contribution in [3.63, 3.8) is 0 Å². The zero-order chi connectivity index (χ0) is 13.2. The van der Waals surface area contributed by atoms with Crippen LogP contribution in [0, 0.1) is 6.07 Å². The van der Waals surface area contributed by atoms with E-state index in [2.05, 4.69) is 9.97 Å². The maximum atomic E-state index is 12.4. The van der Waals surface area contributed by atoms with Gasteiger partial charge in [0.1, 0.15) is 10.9 Å². The Morgan fingerprint density at radius 1 is 1.22 bits per heavy atom. The molecule has 2 aromatic heterocycles. The third kappa shape index (κ3) is 3.10. The van der Waals surface area contributed by atoms with Crippen LogP contribution in [-0.2, 0) is 6.18 Å². The van der Waals surface area contributed by atoms with E-state index >= 15 is 0 Å². The van der Waals surface area contributed by atoms with Gasteiger partial charge < -0.3 is 4.74 Å². The molecule has 1 radical (unpaired) electrons. The van der Waals surface area contributed by atoms with Crippen LogP contribution in [0.2, 0.25) is 5.15 Å². The predicted molar refractivity (Wildman–Crippen MR) is 57.4 cm³/mol. The molecule has 0 bridgehead atoms. The second-order valence-electron chi connectivity index (χ2n) is 3.22. The molecule has 0 aliphatic heterocycles. The first-order chi connectivity index (χ1) is 8.45. The number of hydrogen-bond donors (Lipinski definition) is 0. The van der Waals surface area contributed by atoms with Crippen molar-refractivity contribution in [2.75, 3.05) is 0 Å². The molecule has 7 heteroatoms. The first-order valence-electron chi connectivity index (χ1n) is 4.69. The first-order valence-corrected chi connectivity index (χ1v) is 5.07. The van der Waals surface area contributed by atoms with Gasteiger partial charge in [-0.3, -0.25) is 0 Å². The highest BCUT2D eigenvalue weighted by molar-refractivity contribution is 6.29. The molecule has 0 saturated carbocycles. The van der Waals surface area contributed by atoms with Crippen LogP contribution < -0.4 is 4.74 Å². The van der Waals surface area contributed by atoms with Gasteiger partial charge in [-0.2, -0.15) is 13.2 Å². The lowest BCUT2D eigenvalue weighted by atomic mass is 10.2. The Morgan fingerprint density at radius 3 is 2.61 bits per heavy atom. The minimum absolute atomic E-state index is 0.190. The van der Waals surface area contributed by atoms with Crippen molar-refractivity contribution in [2.45, 2.75) is 6.18 Å². The van der Waals surface area contributed by atoms with Crippen molar-refractivity contribution in [1.29, 1.82) is 0 Å². The van der Waals surface area contributed by atoms with E-state index < -0.39 is 11.7 Å². The van der Waals surface area contributed by atoms with Crippen molar-refractivity contribution in [3.8, 4) is 11.6 Å². The third-order valence-electron chi connectivity index (χ3n) is 1.91. The van der Waals surface area contributed by atoms with Crippen LogP contribution in [0.5, 0.6) is 11.6 Å². The molecule has 0 N–H and O–H groups in total. The van der Waals surface area contributed by atoms with E-state index in [1.165, 1.54) is 18.3 Å². The molecule has 0 amide bonds. The summed E-state index contributed by atoms with van der Waals surface area (Å²) in [5, 5.41) is 0.257. The SMILES string of the molecule is FC(F)(F)c1[c]cnc(Oc2ccc(Cl)nc2)c1. The third-order valence-corrected chi connectivity index (χ3v) is 2.13. The number of alkyl halides is 3. The summed E-state index contributed by atoms with van der Waals surface area (Å²) < 4.78 is 42.4. The lowest BCUT2D eigenvalue weighted by Crippen LogP contribution is -2.05. The Labute approximate surface area is 105 Å². The fourth-order valence-electron chi connectivity index (χ4n) is 1.13. The van der Waals surface area contributed by atoms with Crippen LogP contribution in [0.1, 0.15) is 5.56 Å². The lowest BCUT2D eigenvalue weighted by molar-refractivity contribution is -0.138. The van der Waals surface area contributed by atoms with Gasteiger partial charge in [0, 0.05) is 18.3 Å². The average molecular weight is 274 g/mol. The summed E-state index contributed by atoms with van der Waals surface area (Å²) in [6.45, 7) is 0. The topological polar surface area (TPSA) is 35.0 Å². The molecule has 2 aromatic rings. The fourth-order valence-corrected chi connectivity index (χ4v) is 1.24. The van der Waals surface area contributed by atoms with Gasteiger partial charge in [0.2, 0.25) is 5.88 Å². The summed E-state index contributed by atoms with van der Waals surface area (Å²) in [6, 6.07) is 5.68. The van der Waals surface area contributed by atoms with Gasteiger partial charge in [0.25, 0.3) is 0 Å². The Hall–Kier alpha value is -1.82. The predicted octanol–water partition coefficient (Wildman–Crippen LogP) is 3.74. The van der Waals surface area contributed by atoms with E-state index in [1.807, 2.05) is 6.07 Å². The molecule has 18 heavy (non-hydrogen) atoms. The van der Waals surface area contributed by atoms with E-state index in [-0.39, 0.29) is 16.8 Å². The van der Waals surface area contributed by atoms with Crippen LogP contribution in [-0.4, -0.2) is 9.97 Å². The molecule has 3 nitrogen and oxygen atoms in total. The first kappa shape index (κ1) is 12.6. The highest BCUT2D eigenvalue weighted by Gasteiger charge is 2.31. The smallest absolute Gasteiger partial charge is 0.417 e. The van der Waals surface area contributed by atoms with Crippen molar-refractivity contribution in [1.82, 2.24) is 9.97 Å². The van der Waals surface area contributed by atoms with Gasteiger partial charge in [-0.05, 0) is 12.1 Å². The zero-order valence-electron chi connectivity index (χ0n) is 8.70. The Balaban J connectivity index is 2.22. The molecule has 93 valence electrons. The maximum Gasteiger partial charge on any atom is 0.417 e. The number of rotatable bonds is 2. The Morgan fingerprint density at radius 2 is 2.00 bits per heavy atom. The molecular formula is C11H5ClF3N2O. The van der Waals surface area contributed by atoms with E-state index in [0.29, 0.717) is 0 Å². The second-order valence-corrected chi connectivity index (χ2v) is 3.60. The second kappa shape index (κ2) is 4.81. The molecule has 0 atom stereocenters. The van der Waals surface area contributed by atoms with Crippen LogP contribution in [0.25, 0.3) is 0 Å². The summed E-state index contributed by atoms with van der Waals surface area (Å²) in [7, 11) is 0. The zero-order valence-corrected chi connectivity index (χ0v) is 9.46. The fraction of sp³-hybridized carbons (Fsp3) is 0.0909. The largest absolute Gasteiger partial charge is 0.437 e. The minimum Gasteiger partial charge on any atom is -0.437 e. The Kier molecular flexibility index (Phi) is 3.38. The summed E-state index contributed by atoms with van der Waals surface area (Å²) in [5.74, 6) is 0.0522. The number of aromatic nitrogens is 2. The van der Waals surface area contributed by atoms with E-state index in [9.17, 15) is 13.2 Å². The molecule has 0 aliphatic rings. The Bertz CT molecular complexity index is 543. The normalized spacial score (nSPS) is 11.3. The maximum absolute atomic E-state index is 12.4. The summed E-state index contributed by atoms with van der Waals surface area (Å²) in [4.78, 5) is 7.36. The van der Waals surface area contributed by atoms with Crippen LogP contribution in [0.3, 0.4) is 0 Å². The molecule has 0 fully saturated rings. The van der Waals surface area contributed by atoms with Gasteiger partial charge in [0.15, 0.2) is 0 Å². The van der Waals surface area contributed by atoms with Crippen molar-refractivity contribution < 1.29 is 17.9 Å². The number of hydrogen-bond acceptors (Lipinski definition) is 3. The highest BCUT2D eigenvalue weighted by Crippen LogP contribution is 2.31. The molecule has 0 spiro atoms. The van der Waals surface area contributed by atoms with E-state index in [4.69, 9.17) is 16.3 Å². The van der Waals surface area contributed by atoms with Crippen LogP contribution in [0.15, 0.2) is 30.6 Å². The molecular weight excluding hydrogens is 269 g/mol. The number of halogens is 4. The summed E-state index contributed by atoms with van der Waals surface area (Å²) >= 11 is 5.56. The van der Waals surface area contributed by atoms with Crippen LogP contribution in [0.4, 0.5) is 13.2 Å². The monoisotopic (exact) mass is 273 g/mol. The molecule has 0 unspecified atom stereocenters. The number of ether oxygens (including phenoxy) is 1. The standard InChI is InChI=1S/C11H5ClF3N2O/c12-9-2-1-8(6-17-9)18-10-5-7(3-4-16-10)11(13,14)15/h1-2,4-6H. The van der Waals surface area contributed by atoms with Crippen molar-refractivity contribution >= 4 is 11.6 Å². The van der Waals surface area contributed by atoms with Gasteiger partial charge in [-0.15, -0.1) is 0 Å². The lowest BCUT2D eigenvalue weighted by Gasteiger charge is -2.08. The minimum atomic E-state index is -4.49. The van der Waals surface area contributed by atoms with Gasteiger partial charge in [0.05, 0.1) is 11.8 Å². The molecule has 0 aliphatic carbocycles. The van der Waals surface area contributed by atoms with Crippen molar-refractivity contribution in [3.05, 3.63) is 47.4 Å². The van der Waals surface area contributed by atoms with Gasteiger partial charge in [-0.1, -0.05) is 11.6 Å². The summed E-state index contributed by atoms with van der Waals surface area (Å²) in [6.07, 6.45) is -2.30. The molecule has 0 aromatic carbocycles. The molecule has 2 heterocycles. The van der Waals surface area contributed by atoms with E-state index in [0.717, 1.165) is 12.3 Å². The van der Waals surface area contributed by atoms with E-state index in [1.54, 1.807) is 0 Å². The van der Waals surface area contributed by atoms with Crippen LogP contribution >= 0.6 is 11.6 Å². The molecule has 0 saturated heterocycles. The number of pyridine rings is 2. The molecule has 2 rings (SSSR count). The quantitative estimate of drug-likeness (QED) is 0.782. The van der Waals surface area contributed by atoms with Crippen molar-refractivity contribution in [2.24, 2.45) is 0 Å². The van der Waals surface area contributed by atoms with Gasteiger partial charge >= 0.3 is 6.18 Å². The highest BCUT2D eigenvalue weighted by atomic mass is 35.5. The van der Waals surface area contributed by atoms with Gasteiger partial charge in [-0.25, -0.2) is 9.97 Å². The average Bonchev–Trinajstić information content (AvgIpc) is 2.31. The summed E-state index contributed by atoms with van der Waals surface area (Å²) in [5.41, 5.74) is -0.950.